The molecule has 1 N–H and O–H groups in total. The Morgan fingerprint density at radius 1 is 1.40 bits per heavy atom. The van der Waals surface area contributed by atoms with Crippen molar-refractivity contribution in [3.63, 3.8) is 0 Å². The lowest BCUT2D eigenvalue weighted by atomic mass is 10.0. The molecule has 0 aliphatic carbocycles. The molecule has 0 fully saturated rings. The van der Waals surface area contributed by atoms with Gasteiger partial charge in [0, 0.05) is 43.9 Å². The maximum Gasteiger partial charge on any atom is 0.255 e. The monoisotopic (exact) mass is 277 g/mol. The predicted molar refractivity (Wildman–Crippen MR) is 83.0 cm³/mol. The molecule has 2 heterocycles. The fourth-order valence-electron chi connectivity index (χ4n) is 2.86. The van der Waals surface area contributed by atoms with Crippen molar-refractivity contribution in [3.05, 3.63) is 33.2 Å². The topological polar surface area (TPSA) is 37.3 Å². The summed E-state index contributed by atoms with van der Waals surface area (Å²) in [5, 5.41) is 3.11. The van der Waals surface area contributed by atoms with Crippen molar-refractivity contribution in [2.45, 2.75) is 46.3 Å². The van der Waals surface area contributed by atoms with E-state index in [-0.39, 0.29) is 5.56 Å². The molecule has 0 saturated carbocycles. The van der Waals surface area contributed by atoms with E-state index in [1.165, 1.54) is 11.3 Å². The molecule has 4 nitrogen and oxygen atoms in total. The van der Waals surface area contributed by atoms with Gasteiger partial charge in [-0.1, -0.05) is 13.8 Å². The standard InChI is InChI=1S/C16H27N3O/c1-12(2)5-8-19-15-6-7-18(4)11-14(15)9-13(10-17-3)16(19)20/h9,12,17H,5-8,10-11H2,1-4H3. The van der Waals surface area contributed by atoms with Gasteiger partial charge in [0.1, 0.15) is 0 Å². The van der Waals surface area contributed by atoms with E-state index in [2.05, 4.69) is 37.2 Å². The molecule has 4 heteroatoms. The van der Waals surface area contributed by atoms with E-state index in [1.807, 2.05) is 11.6 Å². The number of fused-ring (bicyclic) bond motifs is 1. The third-order valence-corrected chi connectivity index (χ3v) is 4.03. The number of nitrogens with one attached hydrogen (secondary N) is 1. The first-order chi connectivity index (χ1) is 9.52. The van der Waals surface area contributed by atoms with Crippen LogP contribution in [0.4, 0.5) is 0 Å². The minimum absolute atomic E-state index is 0.198. The summed E-state index contributed by atoms with van der Waals surface area (Å²) in [6.45, 7) is 7.91. The van der Waals surface area contributed by atoms with Gasteiger partial charge < -0.3 is 14.8 Å². The Kier molecular flexibility index (Phi) is 5.00. The molecule has 2 rings (SSSR count). The van der Waals surface area contributed by atoms with Gasteiger partial charge >= 0.3 is 0 Å². The van der Waals surface area contributed by atoms with E-state index >= 15 is 0 Å². The summed E-state index contributed by atoms with van der Waals surface area (Å²) in [6.07, 6.45) is 2.05. The van der Waals surface area contributed by atoms with Crippen LogP contribution in [0.15, 0.2) is 10.9 Å². The molecule has 112 valence electrons. The summed E-state index contributed by atoms with van der Waals surface area (Å²) in [5.41, 5.74) is 3.68. The SMILES string of the molecule is CNCc1cc2c(n(CCC(C)C)c1=O)CCN(C)C2. The maximum atomic E-state index is 12.6. The van der Waals surface area contributed by atoms with Crippen LogP contribution in [0.1, 0.15) is 37.1 Å². The smallest absolute Gasteiger partial charge is 0.255 e. The summed E-state index contributed by atoms with van der Waals surface area (Å²) in [6, 6.07) is 2.11. The van der Waals surface area contributed by atoms with Gasteiger partial charge in [0.05, 0.1) is 0 Å². The third-order valence-electron chi connectivity index (χ3n) is 4.03. The molecule has 1 aliphatic heterocycles. The molecule has 20 heavy (non-hydrogen) atoms. The van der Waals surface area contributed by atoms with Gasteiger partial charge in [-0.3, -0.25) is 4.79 Å². The number of hydrogen-bond acceptors (Lipinski definition) is 3. The quantitative estimate of drug-likeness (QED) is 0.888. The Hall–Kier alpha value is -1.13. The molecule has 1 aromatic rings. The van der Waals surface area contributed by atoms with Crippen LogP contribution < -0.4 is 10.9 Å². The number of nitrogens with zero attached hydrogens (tertiary/aromatic N) is 2. The summed E-state index contributed by atoms with van der Waals surface area (Å²) in [7, 11) is 4.04. The maximum absolute atomic E-state index is 12.6. The van der Waals surface area contributed by atoms with Crippen LogP contribution in [0.2, 0.25) is 0 Å². The summed E-state index contributed by atoms with van der Waals surface area (Å²) >= 11 is 0. The van der Waals surface area contributed by atoms with Gasteiger partial charge in [-0.25, -0.2) is 0 Å². The molecule has 0 atom stereocenters. The second-order valence-corrected chi connectivity index (χ2v) is 6.30. The Morgan fingerprint density at radius 2 is 2.15 bits per heavy atom. The Bertz CT molecular complexity index is 519. The lowest BCUT2D eigenvalue weighted by Gasteiger charge is -2.28. The summed E-state index contributed by atoms with van der Waals surface area (Å²) < 4.78 is 2.04. The van der Waals surface area contributed by atoms with E-state index < -0.39 is 0 Å². The van der Waals surface area contributed by atoms with Gasteiger partial charge in [0.15, 0.2) is 0 Å². The van der Waals surface area contributed by atoms with Crippen molar-refractivity contribution in [2.24, 2.45) is 5.92 Å². The molecule has 0 unspecified atom stereocenters. The molecular weight excluding hydrogens is 250 g/mol. The van der Waals surface area contributed by atoms with E-state index in [0.29, 0.717) is 12.5 Å². The highest BCUT2D eigenvalue weighted by molar-refractivity contribution is 5.29. The van der Waals surface area contributed by atoms with E-state index in [4.69, 9.17) is 0 Å². The largest absolute Gasteiger partial charge is 0.315 e. The van der Waals surface area contributed by atoms with Crippen LogP contribution in [0, 0.1) is 5.92 Å². The average molecular weight is 277 g/mol. The molecule has 0 spiro atoms. The van der Waals surface area contributed by atoms with Crippen molar-refractivity contribution in [1.29, 1.82) is 0 Å². The van der Waals surface area contributed by atoms with Crippen molar-refractivity contribution < 1.29 is 0 Å². The summed E-state index contributed by atoms with van der Waals surface area (Å²) in [5.74, 6) is 0.622. The predicted octanol–water partition coefficient (Wildman–Crippen LogP) is 1.60. The molecule has 0 saturated heterocycles. The van der Waals surface area contributed by atoms with Crippen LogP contribution in [-0.2, 0) is 26.1 Å². The zero-order valence-corrected chi connectivity index (χ0v) is 13.2. The van der Waals surface area contributed by atoms with Gasteiger partial charge in [0.25, 0.3) is 5.56 Å². The average Bonchev–Trinajstić information content (AvgIpc) is 2.39. The Balaban J connectivity index is 2.42. The number of aromatic nitrogens is 1. The van der Waals surface area contributed by atoms with Crippen LogP contribution in [-0.4, -0.2) is 30.1 Å². The lowest BCUT2D eigenvalue weighted by Crippen LogP contribution is -2.36. The van der Waals surface area contributed by atoms with E-state index in [9.17, 15) is 4.79 Å². The lowest BCUT2D eigenvalue weighted by molar-refractivity contribution is 0.302. The van der Waals surface area contributed by atoms with Crippen LogP contribution >= 0.6 is 0 Å². The van der Waals surface area contributed by atoms with E-state index in [0.717, 1.165) is 38.0 Å². The Labute approximate surface area is 121 Å². The highest BCUT2D eigenvalue weighted by Crippen LogP contribution is 2.18. The number of likely N-dealkylation sites (N-methyl/N-ethyl adjacent to an activating group) is 1. The highest BCUT2D eigenvalue weighted by atomic mass is 16.1. The zero-order valence-electron chi connectivity index (χ0n) is 13.2. The van der Waals surface area contributed by atoms with Crippen molar-refractivity contribution >= 4 is 0 Å². The highest BCUT2D eigenvalue weighted by Gasteiger charge is 2.19. The van der Waals surface area contributed by atoms with Crippen molar-refractivity contribution in [1.82, 2.24) is 14.8 Å². The van der Waals surface area contributed by atoms with Gasteiger partial charge in [0.2, 0.25) is 0 Å². The van der Waals surface area contributed by atoms with Crippen LogP contribution in [0.25, 0.3) is 0 Å². The molecule has 1 aromatic heterocycles. The first-order valence-electron chi connectivity index (χ1n) is 7.60. The number of rotatable bonds is 5. The Morgan fingerprint density at radius 3 is 2.80 bits per heavy atom. The molecule has 0 radical (unpaired) electrons. The number of hydrogen-bond donors (Lipinski definition) is 1. The van der Waals surface area contributed by atoms with Crippen molar-refractivity contribution in [3.8, 4) is 0 Å². The second-order valence-electron chi connectivity index (χ2n) is 6.30. The first kappa shape index (κ1) is 15.3. The molecule has 0 aromatic carbocycles. The van der Waals surface area contributed by atoms with Gasteiger partial charge in [-0.15, -0.1) is 0 Å². The molecule has 1 aliphatic rings. The van der Waals surface area contributed by atoms with Gasteiger partial charge in [-0.2, -0.15) is 0 Å². The van der Waals surface area contributed by atoms with E-state index in [1.54, 1.807) is 0 Å². The molecular formula is C16H27N3O. The first-order valence-corrected chi connectivity index (χ1v) is 7.60. The minimum atomic E-state index is 0.198. The van der Waals surface area contributed by atoms with Crippen molar-refractivity contribution in [2.75, 3.05) is 20.6 Å². The summed E-state index contributed by atoms with van der Waals surface area (Å²) in [4.78, 5) is 15.0. The normalized spacial score (nSPS) is 15.7. The van der Waals surface area contributed by atoms with Crippen LogP contribution in [0.3, 0.4) is 0 Å². The third kappa shape index (κ3) is 3.30. The van der Waals surface area contributed by atoms with Gasteiger partial charge in [-0.05, 0) is 38.1 Å². The second kappa shape index (κ2) is 6.55. The molecule has 0 bridgehead atoms. The zero-order chi connectivity index (χ0) is 14.7. The fraction of sp³-hybridized carbons (Fsp3) is 0.688. The minimum Gasteiger partial charge on any atom is -0.315 e. The van der Waals surface area contributed by atoms with Crippen LogP contribution in [0.5, 0.6) is 0 Å². The number of pyridine rings is 1. The molecule has 0 amide bonds. The fourth-order valence-corrected chi connectivity index (χ4v) is 2.86.